The third kappa shape index (κ3) is 0.721. The summed E-state index contributed by atoms with van der Waals surface area (Å²) in [6.07, 6.45) is 2.26. The Labute approximate surface area is 71.3 Å². The van der Waals surface area contributed by atoms with Crippen LogP contribution in [-0.2, 0) is 4.74 Å². The molecule has 6 atom stereocenters. The number of fused-ring (bicyclic) bond motifs is 5. The zero-order chi connectivity index (χ0) is 8.29. The average molecular weight is 170 g/mol. The summed E-state index contributed by atoms with van der Waals surface area (Å²) in [6.45, 7) is 0. The monoisotopic (exact) mass is 170 g/mol. The Morgan fingerprint density at radius 1 is 0.917 bits per heavy atom. The lowest BCUT2D eigenvalue weighted by Crippen LogP contribution is -2.27. The van der Waals surface area contributed by atoms with Gasteiger partial charge in [-0.1, -0.05) is 0 Å². The molecule has 2 aliphatic carbocycles. The van der Waals surface area contributed by atoms with Crippen LogP contribution in [0.4, 0.5) is 0 Å². The van der Waals surface area contributed by atoms with Crippen LogP contribution in [0.15, 0.2) is 0 Å². The number of hydrogen-bond donors (Lipinski definition) is 2. The molecule has 6 unspecified atom stereocenters. The van der Waals surface area contributed by atoms with Crippen LogP contribution in [0.5, 0.6) is 0 Å². The fraction of sp³-hybridized carbons (Fsp3) is 1.00. The average Bonchev–Trinajstić information content (AvgIpc) is 2.64. The first-order valence-electron chi connectivity index (χ1n) is 4.79. The van der Waals surface area contributed by atoms with E-state index in [-0.39, 0.29) is 11.8 Å². The van der Waals surface area contributed by atoms with Crippen LogP contribution < -0.4 is 0 Å². The van der Waals surface area contributed by atoms with Crippen molar-refractivity contribution in [2.75, 3.05) is 0 Å². The van der Waals surface area contributed by atoms with Crippen molar-refractivity contribution in [2.24, 2.45) is 23.7 Å². The third-order valence-corrected chi connectivity index (χ3v) is 3.98. The number of hydrogen-bond acceptors (Lipinski definition) is 3. The molecular formula is C9H14O3. The molecule has 3 heteroatoms. The lowest BCUT2D eigenvalue weighted by atomic mass is 9.80. The summed E-state index contributed by atoms with van der Waals surface area (Å²) in [7, 11) is 0. The highest BCUT2D eigenvalue weighted by molar-refractivity contribution is 5.01. The summed E-state index contributed by atoms with van der Waals surface area (Å²) in [5, 5.41) is 19.0. The van der Waals surface area contributed by atoms with Gasteiger partial charge in [0.05, 0.1) is 0 Å². The smallest absolute Gasteiger partial charge is 0.161 e. The van der Waals surface area contributed by atoms with Crippen molar-refractivity contribution in [1.29, 1.82) is 0 Å². The van der Waals surface area contributed by atoms with Gasteiger partial charge in [-0.2, -0.15) is 0 Å². The van der Waals surface area contributed by atoms with E-state index in [4.69, 9.17) is 4.74 Å². The van der Waals surface area contributed by atoms with Crippen LogP contribution in [0.1, 0.15) is 19.3 Å². The maximum atomic E-state index is 9.51. The largest absolute Gasteiger partial charge is 0.368 e. The van der Waals surface area contributed by atoms with Crippen molar-refractivity contribution in [3.05, 3.63) is 0 Å². The summed E-state index contributed by atoms with van der Waals surface area (Å²) in [6, 6.07) is 0. The lowest BCUT2D eigenvalue weighted by Gasteiger charge is -2.24. The number of aliphatic hydroxyl groups is 2. The predicted octanol–water partition coefficient (Wildman–Crippen LogP) is 0.316. The SMILES string of the molecule is OC1OC(O)C2C3CCC(C3)C12. The molecule has 3 rings (SSSR count). The van der Waals surface area contributed by atoms with Gasteiger partial charge in [0.2, 0.25) is 0 Å². The van der Waals surface area contributed by atoms with Crippen LogP contribution in [0.2, 0.25) is 0 Å². The van der Waals surface area contributed by atoms with Crippen LogP contribution in [0, 0.1) is 23.7 Å². The molecule has 0 aromatic rings. The standard InChI is InChI=1S/C9H14O3/c10-8-6-4-1-2-5(3-4)7(6)9(11)12-8/h4-11H,1-3H2. The minimum Gasteiger partial charge on any atom is -0.368 e. The molecule has 12 heavy (non-hydrogen) atoms. The highest BCUT2D eigenvalue weighted by Gasteiger charge is 2.58. The molecule has 1 saturated heterocycles. The van der Waals surface area contributed by atoms with Gasteiger partial charge < -0.3 is 14.9 Å². The molecule has 3 aliphatic rings. The van der Waals surface area contributed by atoms with Crippen LogP contribution >= 0.6 is 0 Å². The summed E-state index contributed by atoms with van der Waals surface area (Å²) in [5.41, 5.74) is 0. The zero-order valence-electron chi connectivity index (χ0n) is 6.89. The van der Waals surface area contributed by atoms with Crippen LogP contribution in [0.25, 0.3) is 0 Å². The molecule has 3 nitrogen and oxygen atoms in total. The molecule has 0 amide bonds. The van der Waals surface area contributed by atoms with E-state index in [1.165, 1.54) is 19.3 Å². The summed E-state index contributed by atoms with van der Waals surface area (Å²) in [5.74, 6) is 1.71. The van der Waals surface area contributed by atoms with E-state index < -0.39 is 12.6 Å². The van der Waals surface area contributed by atoms with Crippen LogP contribution in [0.3, 0.4) is 0 Å². The van der Waals surface area contributed by atoms with E-state index in [0.29, 0.717) is 11.8 Å². The summed E-state index contributed by atoms with van der Waals surface area (Å²) >= 11 is 0. The number of ether oxygens (including phenoxy) is 1. The van der Waals surface area contributed by atoms with Crippen molar-refractivity contribution < 1.29 is 14.9 Å². The summed E-state index contributed by atoms with van der Waals surface area (Å²) in [4.78, 5) is 0. The van der Waals surface area contributed by atoms with Gasteiger partial charge in [0.1, 0.15) is 0 Å². The Hall–Kier alpha value is -0.120. The zero-order valence-corrected chi connectivity index (χ0v) is 6.89. The first-order chi connectivity index (χ1) is 5.77. The van der Waals surface area contributed by atoms with E-state index in [1.54, 1.807) is 0 Å². The molecular weight excluding hydrogens is 156 g/mol. The van der Waals surface area contributed by atoms with Crippen molar-refractivity contribution in [2.45, 2.75) is 31.8 Å². The molecule has 2 saturated carbocycles. The molecule has 0 aromatic carbocycles. The Morgan fingerprint density at radius 2 is 1.42 bits per heavy atom. The first kappa shape index (κ1) is 7.30. The molecule has 0 spiro atoms. The van der Waals surface area contributed by atoms with Gasteiger partial charge in [0.25, 0.3) is 0 Å². The molecule has 0 radical (unpaired) electrons. The normalized spacial score (nSPS) is 62.5. The van der Waals surface area contributed by atoms with Crippen molar-refractivity contribution in [3.8, 4) is 0 Å². The molecule has 0 aromatic heterocycles. The minimum absolute atomic E-state index is 0.235. The summed E-state index contributed by atoms with van der Waals surface area (Å²) < 4.78 is 5.02. The van der Waals surface area contributed by atoms with E-state index >= 15 is 0 Å². The third-order valence-electron chi connectivity index (χ3n) is 3.98. The predicted molar refractivity (Wildman–Crippen MR) is 40.9 cm³/mol. The second-order valence-corrected chi connectivity index (χ2v) is 4.41. The van der Waals surface area contributed by atoms with Gasteiger partial charge in [-0.25, -0.2) is 0 Å². The molecule has 3 fully saturated rings. The quantitative estimate of drug-likeness (QED) is 0.550. The molecule has 68 valence electrons. The molecule has 2 N–H and O–H groups in total. The van der Waals surface area contributed by atoms with Gasteiger partial charge >= 0.3 is 0 Å². The fourth-order valence-electron chi connectivity index (χ4n) is 3.55. The lowest BCUT2D eigenvalue weighted by molar-refractivity contribution is -0.179. The fourth-order valence-corrected chi connectivity index (χ4v) is 3.55. The van der Waals surface area contributed by atoms with Gasteiger partial charge in [0, 0.05) is 11.8 Å². The number of rotatable bonds is 0. The van der Waals surface area contributed by atoms with E-state index in [9.17, 15) is 10.2 Å². The Bertz CT molecular complexity index is 186. The van der Waals surface area contributed by atoms with Gasteiger partial charge in [-0.05, 0) is 31.1 Å². The second kappa shape index (κ2) is 2.22. The van der Waals surface area contributed by atoms with E-state index in [2.05, 4.69) is 0 Å². The topological polar surface area (TPSA) is 49.7 Å². The molecule has 2 bridgehead atoms. The first-order valence-corrected chi connectivity index (χ1v) is 4.79. The van der Waals surface area contributed by atoms with Gasteiger partial charge in [-0.15, -0.1) is 0 Å². The van der Waals surface area contributed by atoms with Crippen molar-refractivity contribution in [3.63, 3.8) is 0 Å². The highest BCUT2D eigenvalue weighted by atomic mass is 16.7. The molecule has 1 aliphatic heterocycles. The minimum atomic E-state index is -0.694. The Balaban J connectivity index is 1.92. The van der Waals surface area contributed by atoms with Crippen molar-refractivity contribution >= 4 is 0 Å². The van der Waals surface area contributed by atoms with E-state index in [0.717, 1.165) is 0 Å². The highest BCUT2D eigenvalue weighted by Crippen LogP contribution is 2.57. The van der Waals surface area contributed by atoms with E-state index in [1.807, 2.05) is 0 Å². The maximum absolute atomic E-state index is 9.51. The van der Waals surface area contributed by atoms with Crippen molar-refractivity contribution in [1.82, 2.24) is 0 Å². The second-order valence-electron chi connectivity index (χ2n) is 4.41. The van der Waals surface area contributed by atoms with Gasteiger partial charge in [-0.3, -0.25) is 0 Å². The van der Waals surface area contributed by atoms with Crippen LogP contribution in [-0.4, -0.2) is 22.8 Å². The Morgan fingerprint density at radius 3 is 1.92 bits per heavy atom. The number of aliphatic hydroxyl groups excluding tert-OH is 2. The van der Waals surface area contributed by atoms with Gasteiger partial charge in [0.15, 0.2) is 12.6 Å². The molecule has 1 heterocycles. The maximum Gasteiger partial charge on any atom is 0.161 e. The Kier molecular flexibility index (Phi) is 1.35.